The Bertz CT molecular complexity index is 816. The molecule has 1 atom stereocenters. The number of allylic oxidation sites excluding steroid dienone is 1. The molecule has 0 unspecified atom stereocenters. The Morgan fingerprint density at radius 3 is 2.48 bits per heavy atom. The van der Waals surface area contributed by atoms with Gasteiger partial charge in [0.25, 0.3) is 0 Å². The molecule has 1 heterocycles. The van der Waals surface area contributed by atoms with E-state index in [1.54, 1.807) is 19.1 Å². The molecule has 0 spiro atoms. The van der Waals surface area contributed by atoms with E-state index in [1.165, 1.54) is 13.5 Å². The molecule has 29 heavy (non-hydrogen) atoms. The normalized spacial score (nSPS) is 20.9. The molecule has 3 N–H and O–H groups in total. The number of hydrogen-bond donors (Lipinski definition) is 3. The monoisotopic (exact) mass is 466 g/mol. The minimum Gasteiger partial charge on any atom is -0.503 e. The van der Waals surface area contributed by atoms with Gasteiger partial charge >= 0.3 is 12.0 Å². The number of amides is 2. The van der Waals surface area contributed by atoms with Gasteiger partial charge in [0.1, 0.15) is 6.10 Å². The Labute approximate surface area is 179 Å². The van der Waals surface area contributed by atoms with Gasteiger partial charge in [-0.3, -0.25) is 0 Å². The van der Waals surface area contributed by atoms with Gasteiger partial charge in [-0.2, -0.15) is 0 Å². The molecule has 2 amide bonds. The molecule has 1 aromatic carbocycles. The van der Waals surface area contributed by atoms with Gasteiger partial charge in [-0.15, -0.1) is 0 Å². The molecule has 158 valence electrons. The zero-order valence-corrected chi connectivity index (χ0v) is 18.3. The second-order valence-corrected chi connectivity index (χ2v) is 8.35. The number of benzene rings is 1. The molecule has 1 saturated carbocycles. The van der Waals surface area contributed by atoms with Crippen LogP contribution < -0.4 is 15.4 Å². The molecule has 1 fully saturated rings. The van der Waals surface area contributed by atoms with E-state index >= 15 is 0 Å². The van der Waals surface area contributed by atoms with Crippen LogP contribution in [0.2, 0.25) is 0 Å². The van der Waals surface area contributed by atoms with E-state index in [1.807, 2.05) is 0 Å². The Hall–Kier alpha value is -2.22. The van der Waals surface area contributed by atoms with Gasteiger partial charge in [-0.25, -0.2) is 9.59 Å². The molecule has 0 bridgehead atoms. The number of nitrogens with one attached hydrogen (secondary N) is 2. The number of phenols is 1. The number of rotatable bonds is 4. The second-order valence-electron chi connectivity index (χ2n) is 7.50. The standard InChI is InChI=1S/C21H27BrN2O5/c1-12-17(20(26)29-14-8-6-4-3-5-7-9-14)18(24-21(27)23-12)13-10-15(22)19(25)16(11-13)28-2/h10-11,14,18,25H,3-9H2,1-2H3,(H2,23,24,27)/t18-/m0/s1. The van der Waals surface area contributed by atoms with Crippen LogP contribution >= 0.6 is 15.9 Å². The zero-order valence-electron chi connectivity index (χ0n) is 16.7. The van der Waals surface area contributed by atoms with Crippen LogP contribution in [0.15, 0.2) is 27.9 Å². The Kier molecular flexibility index (Phi) is 7.05. The first-order valence-electron chi connectivity index (χ1n) is 9.96. The van der Waals surface area contributed by atoms with Gasteiger partial charge in [0, 0.05) is 5.70 Å². The van der Waals surface area contributed by atoms with Gasteiger partial charge in [0.2, 0.25) is 0 Å². The number of halogens is 1. The lowest BCUT2D eigenvalue weighted by molar-refractivity contribution is -0.145. The van der Waals surface area contributed by atoms with E-state index in [9.17, 15) is 14.7 Å². The number of methoxy groups -OCH3 is 1. The summed E-state index contributed by atoms with van der Waals surface area (Å²) < 4.78 is 11.5. The predicted molar refractivity (Wildman–Crippen MR) is 112 cm³/mol. The Balaban J connectivity index is 1.89. The van der Waals surface area contributed by atoms with Crippen molar-refractivity contribution in [2.45, 2.75) is 64.0 Å². The van der Waals surface area contributed by atoms with E-state index < -0.39 is 18.0 Å². The SMILES string of the molecule is COc1cc([C@@H]2NC(=O)NC(C)=C2C(=O)OC2CCCCCCC2)cc(Br)c1O. The molecule has 3 rings (SSSR count). The van der Waals surface area contributed by atoms with Crippen molar-refractivity contribution in [1.29, 1.82) is 0 Å². The molecule has 1 aromatic rings. The molecule has 7 nitrogen and oxygen atoms in total. The van der Waals surface area contributed by atoms with Crippen molar-refractivity contribution in [3.8, 4) is 11.5 Å². The lowest BCUT2D eigenvalue weighted by Gasteiger charge is -2.30. The minimum absolute atomic E-state index is 0.0455. The number of esters is 1. The molecule has 1 aliphatic heterocycles. The summed E-state index contributed by atoms with van der Waals surface area (Å²) in [6.07, 6.45) is 7.28. The summed E-state index contributed by atoms with van der Waals surface area (Å²) in [5, 5.41) is 15.5. The first-order chi connectivity index (χ1) is 13.9. The zero-order chi connectivity index (χ0) is 21.0. The fraction of sp³-hybridized carbons (Fsp3) is 0.524. The first kappa shape index (κ1) is 21.5. The summed E-state index contributed by atoms with van der Waals surface area (Å²) >= 11 is 3.30. The molecule has 2 aliphatic rings. The van der Waals surface area contributed by atoms with Crippen LogP contribution in [-0.2, 0) is 9.53 Å². The molecule has 0 saturated heterocycles. The maximum atomic E-state index is 13.1. The lowest BCUT2D eigenvalue weighted by atomic mass is 9.94. The van der Waals surface area contributed by atoms with Crippen molar-refractivity contribution in [2.24, 2.45) is 0 Å². The fourth-order valence-corrected chi connectivity index (χ4v) is 4.34. The number of carbonyl (C=O) groups is 2. The highest BCUT2D eigenvalue weighted by Gasteiger charge is 2.34. The van der Waals surface area contributed by atoms with Crippen LogP contribution in [0.1, 0.15) is 63.5 Å². The smallest absolute Gasteiger partial charge is 0.338 e. The first-order valence-corrected chi connectivity index (χ1v) is 10.8. The average Bonchev–Trinajstić information content (AvgIpc) is 2.65. The number of urea groups is 1. The van der Waals surface area contributed by atoms with Crippen molar-refractivity contribution in [2.75, 3.05) is 7.11 Å². The molecule has 0 radical (unpaired) electrons. The number of aromatic hydroxyl groups is 1. The third kappa shape index (κ3) is 5.04. The van der Waals surface area contributed by atoms with Gasteiger partial charge in [-0.05, 0) is 66.2 Å². The summed E-state index contributed by atoms with van der Waals surface area (Å²) in [5.41, 5.74) is 1.41. The molecule has 8 heteroatoms. The third-order valence-corrected chi connectivity index (χ3v) is 6.02. The van der Waals surface area contributed by atoms with Crippen LogP contribution in [-0.4, -0.2) is 30.3 Å². The largest absolute Gasteiger partial charge is 0.503 e. The van der Waals surface area contributed by atoms with E-state index in [0.29, 0.717) is 21.3 Å². The van der Waals surface area contributed by atoms with Crippen molar-refractivity contribution in [1.82, 2.24) is 10.6 Å². The highest BCUT2D eigenvalue weighted by atomic mass is 79.9. The van der Waals surface area contributed by atoms with Crippen LogP contribution in [0.5, 0.6) is 11.5 Å². The lowest BCUT2D eigenvalue weighted by Crippen LogP contribution is -2.45. The van der Waals surface area contributed by atoms with E-state index in [0.717, 1.165) is 38.5 Å². The minimum atomic E-state index is -0.712. The number of ether oxygens (including phenoxy) is 2. The van der Waals surface area contributed by atoms with Crippen molar-refractivity contribution in [3.63, 3.8) is 0 Å². The van der Waals surface area contributed by atoms with Crippen LogP contribution in [0, 0.1) is 0 Å². The van der Waals surface area contributed by atoms with Crippen molar-refractivity contribution >= 4 is 27.9 Å². The number of carbonyl (C=O) groups excluding carboxylic acids is 2. The summed E-state index contributed by atoms with van der Waals surface area (Å²) in [6.45, 7) is 1.69. The maximum Gasteiger partial charge on any atom is 0.338 e. The van der Waals surface area contributed by atoms with E-state index in [4.69, 9.17) is 9.47 Å². The maximum absolute atomic E-state index is 13.1. The summed E-state index contributed by atoms with van der Waals surface area (Å²) in [4.78, 5) is 25.2. The topological polar surface area (TPSA) is 96.9 Å². The van der Waals surface area contributed by atoms with Gasteiger partial charge in [0.15, 0.2) is 11.5 Å². The quantitative estimate of drug-likeness (QED) is 0.569. The van der Waals surface area contributed by atoms with E-state index in [-0.39, 0.29) is 17.6 Å². The Morgan fingerprint density at radius 1 is 1.17 bits per heavy atom. The van der Waals surface area contributed by atoms with Gasteiger partial charge in [0.05, 0.1) is 23.2 Å². The molecular weight excluding hydrogens is 440 g/mol. The predicted octanol–water partition coefficient (Wildman–Crippen LogP) is 4.45. The fourth-order valence-electron chi connectivity index (χ4n) is 3.88. The third-order valence-electron chi connectivity index (χ3n) is 5.42. The summed E-state index contributed by atoms with van der Waals surface area (Å²) in [6, 6.07) is 2.14. The van der Waals surface area contributed by atoms with Crippen molar-refractivity contribution in [3.05, 3.63) is 33.4 Å². The highest BCUT2D eigenvalue weighted by molar-refractivity contribution is 9.10. The molecular formula is C21H27BrN2O5. The second kappa shape index (κ2) is 9.52. The van der Waals surface area contributed by atoms with Crippen molar-refractivity contribution < 1.29 is 24.2 Å². The van der Waals surface area contributed by atoms with E-state index in [2.05, 4.69) is 26.6 Å². The molecule has 1 aliphatic carbocycles. The van der Waals surface area contributed by atoms with Crippen LogP contribution in [0.3, 0.4) is 0 Å². The average molecular weight is 467 g/mol. The number of phenolic OH excluding ortho intramolecular Hbond substituents is 1. The Morgan fingerprint density at radius 2 is 1.83 bits per heavy atom. The molecule has 0 aromatic heterocycles. The summed E-state index contributed by atoms with van der Waals surface area (Å²) in [5.74, 6) is -0.239. The van der Waals surface area contributed by atoms with Crippen LogP contribution in [0.4, 0.5) is 4.79 Å². The number of hydrogen-bond acceptors (Lipinski definition) is 5. The summed E-state index contributed by atoms with van der Waals surface area (Å²) in [7, 11) is 1.44. The van der Waals surface area contributed by atoms with Crippen LogP contribution in [0.25, 0.3) is 0 Å². The highest BCUT2D eigenvalue weighted by Crippen LogP contribution is 2.39. The van der Waals surface area contributed by atoms with Gasteiger partial charge in [-0.1, -0.05) is 19.3 Å². The van der Waals surface area contributed by atoms with Gasteiger partial charge < -0.3 is 25.2 Å².